The zero-order valence-electron chi connectivity index (χ0n) is 14.2. The molecule has 138 valence electrons. The number of para-hydroxylation sites is 1. The van der Waals surface area contributed by atoms with E-state index in [0.29, 0.717) is 31.9 Å². The number of hydrogen-bond acceptors (Lipinski definition) is 5. The standard InChI is InChI=1S/C20H11Cl2N3O2S/c21-15-8-9-16(17(22)10-15)18-12-28-20(24-18)14(11-23)6-3-5-13-4-1-2-7-19(13)25(26)27/h1-10,12H/b5-3+,14-6-. The molecule has 0 atom stereocenters. The van der Waals surface area contributed by atoms with Gasteiger partial charge in [0.25, 0.3) is 5.69 Å². The van der Waals surface area contributed by atoms with Gasteiger partial charge in [0.2, 0.25) is 0 Å². The molecule has 1 heterocycles. The lowest BCUT2D eigenvalue weighted by Gasteiger charge is -2.00. The van der Waals surface area contributed by atoms with E-state index in [1.807, 2.05) is 0 Å². The largest absolute Gasteiger partial charge is 0.276 e. The van der Waals surface area contributed by atoms with E-state index >= 15 is 0 Å². The summed E-state index contributed by atoms with van der Waals surface area (Å²) < 4.78 is 0. The first-order valence-corrected chi connectivity index (χ1v) is 9.56. The zero-order chi connectivity index (χ0) is 20.1. The quantitative estimate of drug-likeness (QED) is 0.197. The van der Waals surface area contributed by atoms with E-state index in [1.165, 1.54) is 17.4 Å². The Labute approximate surface area is 175 Å². The highest BCUT2D eigenvalue weighted by Gasteiger charge is 2.12. The van der Waals surface area contributed by atoms with Crippen LogP contribution in [0.4, 0.5) is 5.69 Å². The molecule has 0 saturated carbocycles. The number of nitro benzene ring substituents is 1. The Hall–Kier alpha value is -2.98. The molecule has 0 N–H and O–H groups in total. The normalized spacial score (nSPS) is 11.5. The first kappa shape index (κ1) is 19.8. The monoisotopic (exact) mass is 427 g/mol. The molecule has 0 aliphatic heterocycles. The number of aromatic nitrogens is 1. The molecular formula is C20H11Cl2N3O2S. The number of halogens is 2. The van der Waals surface area contributed by atoms with Crippen molar-refractivity contribution in [3.63, 3.8) is 0 Å². The number of hydrogen-bond donors (Lipinski definition) is 0. The lowest BCUT2D eigenvalue weighted by atomic mass is 10.1. The third-order valence-electron chi connectivity index (χ3n) is 3.73. The summed E-state index contributed by atoms with van der Waals surface area (Å²) in [5, 5.41) is 23.8. The molecule has 2 aromatic carbocycles. The third-order valence-corrected chi connectivity index (χ3v) is 5.16. The SMILES string of the molecule is N#C/C(=C/C=C/c1ccccc1[N+](=O)[O-])c1nc(-c2ccc(Cl)cc2Cl)cs1. The fourth-order valence-corrected chi connectivity index (χ4v) is 3.72. The number of rotatable bonds is 5. The molecular weight excluding hydrogens is 417 g/mol. The van der Waals surface area contributed by atoms with Crippen molar-refractivity contribution in [2.24, 2.45) is 0 Å². The van der Waals surface area contributed by atoms with Crippen molar-refractivity contribution in [3.8, 4) is 17.3 Å². The van der Waals surface area contributed by atoms with Gasteiger partial charge in [0.05, 0.1) is 26.8 Å². The minimum Gasteiger partial charge on any atom is -0.258 e. The van der Waals surface area contributed by atoms with Crippen LogP contribution in [0.25, 0.3) is 22.9 Å². The van der Waals surface area contributed by atoms with Crippen molar-refractivity contribution in [2.75, 3.05) is 0 Å². The Kier molecular flexibility index (Phi) is 6.22. The Balaban J connectivity index is 1.88. The molecule has 3 aromatic rings. The molecule has 0 saturated heterocycles. The van der Waals surface area contributed by atoms with Crippen molar-refractivity contribution in [1.82, 2.24) is 4.98 Å². The lowest BCUT2D eigenvalue weighted by molar-refractivity contribution is -0.385. The Morgan fingerprint density at radius 1 is 1.25 bits per heavy atom. The predicted octanol–water partition coefficient (Wildman–Crippen LogP) is 6.65. The van der Waals surface area contributed by atoms with Crippen molar-refractivity contribution in [2.45, 2.75) is 0 Å². The van der Waals surface area contributed by atoms with Gasteiger partial charge in [0.15, 0.2) is 0 Å². The van der Waals surface area contributed by atoms with E-state index in [-0.39, 0.29) is 5.69 Å². The van der Waals surface area contributed by atoms with Crippen LogP contribution in [-0.4, -0.2) is 9.91 Å². The molecule has 8 heteroatoms. The van der Waals surface area contributed by atoms with Gasteiger partial charge in [-0.3, -0.25) is 10.1 Å². The first-order valence-electron chi connectivity index (χ1n) is 7.93. The number of thiazole rings is 1. The third kappa shape index (κ3) is 4.46. The van der Waals surface area contributed by atoms with Gasteiger partial charge in [-0.1, -0.05) is 41.4 Å². The summed E-state index contributed by atoms with van der Waals surface area (Å²) in [7, 11) is 0. The van der Waals surface area contributed by atoms with Crippen LogP contribution < -0.4 is 0 Å². The first-order chi connectivity index (χ1) is 13.5. The summed E-state index contributed by atoms with van der Waals surface area (Å²) in [6, 6.07) is 13.6. The van der Waals surface area contributed by atoms with Gasteiger partial charge in [-0.25, -0.2) is 4.98 Å². The summed E-state index contributed by atoms with van der Waals surface area (Å²) in [5.41, 5.74) is 2.16. The van der Waals surface area contributed by atoms with Crippen molar-refractivity contribution in [3.05, 3.63) is 90.7 Å². The highest BCUT2D eigenvalue weighted by Crippen LogP contribution is 2.32. The highest BCUT2D eigenvalue weighted by molar-refractivity contribution is 7.11. The van der Waals surface area contributed by atoms with Crippen LogP contribution in [-0.2, 0) is 0 Å². The number of benzene rings is 2. The van der Waals surface area contributed by atoms with Gasteiger partial charge in [0.1, 0.15) is 11.1 Å². The van der Waals surface area contributed by atoms with E-state index in [0.717, 1.165) is 5.56 Å². The van der Waals surface area contributed by atoms with E-state index in [1.54, 1.807) is 60.0 Å². The molecule has 0 unspecified atom stereocenters. The molecule has 0 amide bonds. The predicted molar refractivity (Wildman–Crippen MR) is 113 cm³/mol. The second-order valence-electron chi connectivity index (χ2n) is 5.53. The summed E-state index contributed by atoms with van der Waals surface area (Å²) >= 11 is 13.4. The van der Waals surface area contributed by atoms with Crippen LogP contribution in [0.5, 0.6) is 0 Å². The smallest absolute Gasteiger partial charge is 0.258 e. The van der Waals surface area contributed by atoms with Crippen LogP contribution in [0.2, 0.25) is 10.0 Å². The molecule has 0 aliphatic carbocycles. The average molecular weight is 428 g/mol. The zero-order valence-corrected chi connectivity index (χ0v) is 16.5. The summed E-state index contributed by atoms with van der Waals surface area (Å²) in [4.78, 5) is 15.1. The summed E-state index contributed by atoms with van der Waals surface area (Å²) in [6.45, 7) is 0. The van der Waals surface area contributed by atoms with Crippen molar-refractivity contribution in [1.29, 1.82) is 5.26 Å². The molecule has 0 radical (unpaired) electrons. The molecule has 0 fully saturated rings. The maximum absolute atomic E-state index is 11.1. The maximum Gasteiger partial charge on any atom is 0.276 e. The number of nitro groups is 1. The van der Waals surface area contributed by atoms with Crippen LogP contribution in [0.15, 0.2) is 60.0 Å². The fraction of sp³-hybridized carbons (Fsp3) is 0. The van der Waals surface area contributed by atoms with E-state index < -0.39 is 4.92 Å². The van der Waals surface area contributed by atoms with Crippen LogP contribution in [0, 0.1) is 21.4 Å². The number of nitrogens with zero attached hydrogens (tertiary/aromatic N) is 3. The highest BCUT2D eigenvalue weighted by atomic mass is 35.5. The molecule has 0 aliphatic rings. The van der Waals surface area contributed by atoms with Gasteiger partial charge in [0, 0.05) is 22.0 Å². The molecule has 28 heavy (non-hydrogen) atoms. The van der Waals surface area contributed by atoms with Crippen LogP contribution >= 0.6 is 34.5 Å². The summed E-state index contributed by atoms with van der Waals surface area (Å²) in [6.07, 6.45) is 4.75. The topological polar surface area (TPSA) is 79.8 Å². The van der Waals surface area contributed by atoms with Crippen molar-refractivity contribution >= 4 is 51.9 Å². The fourth-order valence-electron chi connectivity index (χ4n) is 2.42. The van der Waals surface area contributed by atoms with E-state index in [4.69, 9.17) is 23.2 Å². The van der Waals surface area contributed by atoms with Gasteiger partial charge in [-0.05, 0) is 36.4 Å². The lowest BCUT2D eigenvalue weighted by Crippen LogP contribution is -1.90. The molecule has 3 rings (SSSR count). The van der Waals surface area contributed by atoms with Gasteiger partial charge >= 0.3 is 0 Å². The minimum atomic E-state index is -0.447. The van der Waals surface area contributed by atoms with Gasteiger partial charge in [-0.2, -0.15) is 5.26 Å². The molecule has 5 nitrogen and oxygen atoms in total. The number of nitriles is 1. The Morgan fingerprint density at radius 3 is 2.75 bits per heavy atom. The van der Waals surface area contributed by atoms with Gasteiger partial charge in [-0.15, -0.1) is 11.3 Å². The minimum absolute atomic E-state index is 0.000396. The van der Waals surface area contributed by atoms with E-state index in [2.05, 4.69) is 11.1 Å². The van der Waals surface area contributed by atoms with Crippen LogP contribution in [0.3, 0.4) is 0 Å². The maximum atomic E-state index is 11.1. The Bertz CT molecular complexity index is 1150. The van der Waals surface area contributed by atoms with Gasteiger partial charge < -0.3 is 0 Å². The second kappa shape index (κ2) is 8.81. The molecule has 1 aromatic heterocycles. The average Bonchev–Trinajstić information content (AvgIpc) is 3.15. The number of allylic oxidation sites excluding steroid dienone is 3. The molecule has 0 spiro atoms. The van der Waals surface area contributed by atoms with Crippen LogP contribution in [0.1, 0.15) is 10.6 Å². The Morgan fingerprint density at radius 2 is 2.04 bits per heavy atom. The summed E-state index contributed by atoms with van der Waals surface area (Å²) in [5.74, 6) is 0. The molecule has 0 bridgehead atoms. The van der Waals surface area contributed by atoms with Crippen molar-refractivity contribution < 1.29 is 4.92 Å². The van der Waals surface area contributed by atoms with E-state index in [9.17, 15) is 15.4 Å². The second-order valence-corrected chi connectivity index (χ2v) is 7.23.